The molecule has 0 fully saturated rings. The number of rotatable bonds is 9. The number of alkyl halides is 1. The van der Waals surface area contributed by atoms with Gasteiger partial charge in [0.05, 0.1) is 18.2 Å². The molecule has 0 radical (unpaired) electrons. The molecule has 0 aliphatic heterocycles. The van der Waals surface area contributed by atoms with Crippen LogP contribution in [0.4, 0.5) is 0 Å². The summed E-state index contributed by atoms with van der Waals surface area (Å²) in [5.74, 6) is 2.50. The van der Waals surface area contributed by atoms with Crippen LogP contribution in [0.15, 0.2) is 12.1 Å². The van der Waals surface area contributed by atoms with Crippen molar-refractivity contribution in [2.24, 2.45) is 0 Å². The predicted molar refractivity (Wildman–Crippen MR) is 86.8 cm³/mol. The molecule has 1 aromatic carbocycles. The Morgan fingerprint density at radius 2 is 1.65 bits per heavy atom. The van der Waals surface area contributed by atoms with Crippen molar-refractivity contribution < 1.29 is 9.47 Å². The van der Waals surface area contributed by atoms with Gasteiger partial charge >= 0.3 is 0 Å². The summed E-state index contributed by atoms with van der Waals surface area (Å²) in [6.07, 6.45) is 2.82. The number of ether oxygens (including phenoxy) is 2. The van der Waals surface area contributed by atoms with E-state index in [-0.39, 0.29) is 0 Å². The van der Waals surface area contributed by atoms with Crippen LogP contribution < -0.4 is 9.47 Å². The van der Waals surface area contributed by atoms with Gasteiger partial charge in [0.1, 0.15) is 11.5 Å². The third-order valence-electron chi connectivity index (χ3n) is 3.06. The average molecular weight is 319 g/mol. The zero-order valence-electron chi connectivity index (χ0n) is 12.5. The van der Waals surface area contributed by atoms with Crippen LogP contribution in [0.2, 0.25) is 5.02 Å². The monoisotopic (exact) mass is 318 g/mol. The fraction of sp³-hybridized carbons (Fsp3) is 0.625. The maximum absolute atomic E-state index is 6.30. The third kappa shape index (κ3) is 5.06. The molecule has 0 aromatic heterocycles. The number of benzene rings is 1. The highest BCUT2D eigenvalue weighted by Gasteiger charge is 2.16. The summed E-state index contributed by atoms with van der Waals surface area (Å²) in [6.45, 7) is 7.64. The third-order valence-corrected chi connectivity index (χ3v) is 3.57. The van der Waals surface area contributed by atoms with Crippen molar-refractivity contribution in [3.63, 3.8) is 0 Å². The summed E-state index contributed by atoms with van der Waals surface area (Å²) in [4.78, 5) is 0. The molecule has 1 unspecified atom stereocenters. The van der Waals surface area contributed by atoms with E-state index in [1.165, 1.54) is 0 Å². The molecule has 1 aromatic rings. The smallest absolute Gasteiger partial charge is 0.141 e. The molecule has 0 spiro atoms. The lowest BCUT2D eigenvalue weighted by Gasteiger charge is -2.18. The molecule has 114 valence electrons. The lowest BCUT2D eigenvalue weighted by atomic mass is 9.97. The van der Waals surface area contributed by atoms with Crippen LogP contribution in [0.5, 0.6) is 11.5 Å². The molecule has 0 aliphatic carbocycles. The Morgan fingerprint density at radius 3 is 2.20 bits per heavy atom. The molecule has 0 N–H and O–H groups in total. The van der Waals surface area contributed by atoms with Crippen molar-refractivity contribution in [2.45, 2.75) is 46.0 Å². The van der Waals surface area contributed by atoms with Gasteiger partial charge in [0.2, 0.25) is 0 Å². The summed E-state index contributed by atoms with van der Waals surface area (Å²) < 4.78 is 11.5. The van der Waals surface area contributed by atoms with Crippen LogP contribution in [-0.2, 0) is 0 Å². The van der Waals surface area contributed by atoms with Gasteiger partial charge in [-0.25, -0.2) is 0 Å². The van der Waals surface area contributed by atoms with Gasteiger partial charge in [-0.05, 0) is 36.8 Å². The summed E-state index contributed by atoms with van der Waals surface area (Å²) in [5.41, 5.74) is 1.10. The minimum absolute atomic E-state index is 0.317. The lowest BCUT2D eigenvalue weighted by Crippen LogP contribution is -2.04. The molecule has 0 saturated carbocycles. The fourth-order valence-corrected chi connectivity index (χ4v) is 2.47. The Balaban J connectivity index is 3.04. The van der Waals surface area contributed by atoms with E-state index < -0.39 is 0 Å². The van der Waals surface area contributed by atoms with Crippen molar-refractivity contribution in [1.29, 1.82) is 0 Å². The van der Waals surface area contributed by atoms with Crippen molar-refractivity contribution >= 4 is 23.2 Å². The van der Waals surface area contributed by atoms with Crippen LogP contribution in [0.1, 0.15) is 51.5 Å². The molecule has 4 heteroatoms. The maximum Gasteiger partial charge on any atom is 0.141 e. The number of halogens is 2. The first-order valence-corrected chi connectivity index (χ1v) is 8.20. The van der Waals surface area contributed by atoms with Crippen LogP contribution in [-0.4, -0.2) is 19.1 Å². The molecular weight excluding hydrogens is 295 g/mol. The summed E-state index contributed by atoms with van der Waals surface area (Å²) >= 11 is 12.1. The van der Waals surface area contributed by atoms with Crippen LogP contribution in [0.25, 0.3) is 0 Å². The molecule has 0 saturated heterocycles. The predicted octanol–water partition coefficient (Wildman–Crippen LogP) is 5.65. The minimum Gasteiger partial charge on any atom is -0.493 e. The molecule has 0 amide bonds. The molecule has 1 atom stereocenters. The van der Waals surface area contributed by atoms with Gasteiger partial charge in [0.25, 0.3) is 0 Å². The maximum atomic E-state index is 6.30. The van der Waals surface area contributed by atoms with E-state index in [0.717, 1.165) is 30.6 Å². The molecular formula is C16H24Cl2O2. The number of hydrogen-bond donors (Lipinski definition) is 0. The standard InChI is InChI=1S/C16H24Cl2O2/c1-4-8-19-15-11-16(20-9-5-2)14(18)10-13(15)12(3)6-7-17/h10-12H,4-9H2,1-3H3. The van der Waals surface area contributed by atoms with Crippen molar-refractivity contribution in [3.8, 4) is 11.5 Å². The molecule has 2 nitrogen and oxygen atoms in total. The SMILES string of the molecule is CCCOc1cc(OCCC)c(C(C)CCCl)cc1Cl. The topological polar surface area (TPSA) is 18.5 Å². The average Bonchev–Trinajstić information content (AvgIpc) is 2.44. The summed E-state index contributed by atoms with van der Waals surface area (Å²) in [6, 6.07) is 3.86. The Hall–Kier alpha value is -0.600. The molecule has 1 rings (SSSR count). The van der Waals surface area contributed by atoms with Crippen LogP contribution >= 0.6 is 23.2 Å². The van der Waals surface area contributed by atoms with Crippen molar-refractivity contribution in [3.05, 3.63) is 22.7 Å². The normalized spacial score (nSPS) is 12.2. The van der Waals surface area contributed by atoms with E-state index in [4.69, 9.17) is 32.7 Å². The molecule has 0 bridgehead atoms. The van der Waals surface area contributed by atoms with Gasteiger partial charge in [0.15, 0.2) is 0 Å². The van der Waals surface area contributed by atoms with Gasteiger partial charge in [-0.2, -0.15) is 0 Å². The zero-order chi connectivity index (χ0) is 15.0. The second-order valence-corrected chi connectivity index (χ2v) is 5.68. The van der Waals surface area contributed by atoms with Gasteiger partial charge in [-0.1, -0.05) is 32.4 Å². The van der Waals surface area contributed by atoms with Gasteiger partial charge in [0, 0.05) is 11.9 Å². The first-order chi connectivity index (χ1) is 9.63. The lowest BCUT2D eigenvalue weighted by molar-refractivity contribution is 0.298. The van der Waals surface area contributed by atoms with Crippen molar-refractivity contribution in [1.82, 2.24) is 0 Å². The largest absolute Gasteiger partial charge is 0.493 e. The van der Waals surface area contributed by atoms with E-state index in [1.807, 2.05) is 12.1 Å². The van der Waals surface area contributed by atoms with Crippen molar-refractivity contribution in [2.75, 3.05) is 19.1 Å². The first-order valence-electron chi connectivity index (χ1n) is 7.29. The van der Waals surface area contributed by atoms with Crippen LogP contribution in [0.3, 0.4) is 0 Å². The second kappa shape index (κ2) is 9.36. The fourth-order valence-electron chi connectivity index (χ4n) is 1.91. The first kappa shape index (κ1) is 17.5. The Bertz CT molecular complexity index is 408. The highest BCUT2D eigenvalue weighted by Crippen LogP contribution is 2.38. The number of hydrogen-bond acceptors (Lipinski definition) is 2. The Morgan fingerprint density at radius 1 is 1.05 bits per heavy atom. The van der Waals surface area contributed by atoms with E-state index in [0.29, 0.717) is 35.8 Å². The van der Waals surface area contributed by atoms with Gasteiger partial charge in [-0.3, -0.25) is 0 Å². The molecule has 0 heterocycles. The highest BCUT2D eigenvalue weighted by atomic mass is 35.5. The second-order valence-electron chi connectivity index (χ2n) is 4.90. The Labute approximate surface area is 132 Å². The van der Waals surface area contributed by atoms with Gasteiger partial charge in [-0.15, -0.1) is 11.6 Å². The highest BCUT2D eigenvalue weighted by molar-refractivity contribution is 6.32. The van der Waals surface area contributed by atoms with E-state index in [1.54, 1.807) is 0 Å². The molecule has 0 aliphatic rings. The zero-order valence-corrected chi connectivity index (χ0v) is 14.1. The molecule has 20 heavy (non-hydrogen) atoms. The van der Waals surface area contributed by atoms with E-state index >= 15 is 0 Å². The summed E-state index contributed by atoms with van der Waals surface area (Å²) in [7, 11) is 0. The Kier molecular flexibility index (Phi) is 8.16. The van der Waals surface area contributed by atoms with Crippen LogP contribution in [0, 0.1) is 0 Å². The van der Waals surface area contributed by atoms with E-state index in [9.17, 15) is 0 Å². The summed E-state index contributed by atoms with van der Waals surface area (Å²) in [5, 5.41) is 0.638. The van der Waals surface area contributed by atoms with Gasteiger partial charge < -0.3 is 9.47 Å². The minimum atomic E-state index is 0.317. The van der Waals surface area contributed by atoms with E-state index in [2.05, 4.69) is 20.8 Å². The quantitative estimate of drug-likeness (QED) is 0.548.